The number of ether oxygens (including phenoxy) is 2. The van der Waals surface area contributed by atoms with Gasteiger partial charge in [0, 0.05) is 18.8 Å². The Morgan fingerprint density at radius 2 is 1.56 bits per heavy atom. The Morgan fingerprint density at radius 1 is 0.912 bits per heavy atom. The molecule has 0 saturated heterocycles. The summed E-state index contributed by atoms with van der Waals surface area (Å²) in [6, 6.07) is 17.8. The fraction of sp³-hybridized carbons (Fsp3) is 0.222. The van der Waals surface area contributed by atoms with Gasteiger partial charge in [-0.2, -0.15) is 0 Å². The molecule has 0 unspecified atom stereocenters. The highest BCUT2D eigenvalue weighted by molar-refractivity contribution is 7.91. The molecule has 3 aromatic carbocycles. The molecule has 0 aliphatic carbocycles. The third-order valence-corrected chi connectivity index (χ3v) is 7.85. The number of methoxy groups -OCH3 is 2. The molecule has 6 nitrogen and oxygen atoms in total. The van der Waals surface area contributed by atoms with Gasteiger partial charge in [0.15, 0.2) is 11.5 Å². The minimum atomic E-state index is -4.05. The number of aryl methyl sites for hydroxylation is 2. The normalized spacial score (nSPS) is 11.5. The second-order valence-electron chi connectivity index (χ2n) is 8.10. The van der Waals surface area contributed by atoms with Crippen molar-refractivity contribution in [2.24, 2.45) is 0 Å². The fourth-order valence-corrected chi connectivity index (χ4v) is 5.38. The number of hydrogen-bond donors (Lipinski definition) is 0. The van der Waals surface area contributed by atoms with E-state index in [0.717, 1.165) is 23.1 Å². The van der Waals surface area contributed by atoms with Crippen molar-refractivity contribution in [3.05, 3.63) is 93.8 Å². The molecule has 0 aliphatic rings. The lowest BCUT2D eigenvalue weighted by atomic mass is 10.1. The van der Waals surface area contributed by atoms with Crippen molar-refractivity contribution in [1.29, 1.82) is 0 Å². The zero-order valence-corrected chi connectivity index (χ0v) is 20.5. The van der Waals surface area contributed by atoms with Gasteiger partial charge >= 0.3 is 0 Å². The average molecular weight is 478 g/mol. The molecule has 4 aromatic rings. The van der Waals surface area contributed by atoms with Crippen LogP contribution in [0, 0.1) is 6.92 Å². The molecule has 176 valence electrons. The van der Waals surface area contributed by atoms with Crippen LogP contribution in [0.15, 0.2) is 81.4 Å². The summed E-state index contributed by atoms with van der Waals surface area (Å²) in [7, 11) is -1.05. The molecule has 0 bridgehead atoms. The van der Waals surface area contributed by atoms with E-state index in [-0.39, 0.29) is 15.2 Å². The highest BCUT2D eigenvalue weighted by Gasteiger charge is 2.25. The number of rotatable bonds is 7. The Bertz CT molecular complexity index is 1520. The predicted molar refractivity (Wildman–Crippen MR) is 133 cm³/mol. The number of hydrogen-bond acceptors (Lipinski definition) is 5. The summed E-state index contributed by atoms with van der Waals surface area (Å²) in [5, 5.41) is 0.248. The minimum absolute atomic E-state index is 0.0871. The SMILES string of the molecule is CCc1ccc(S(=O)(=O)c2cn(Cc3ccccc3C)c3cc(OC)c(OC)cc3c2=O)cc1. The maximum atomic E-state index is 13.6. The summed E-state index contributed by atoms with van der Waals surface area (Å²) < 4.78 is 39.8. The highest BCUT2D eigenvalue weighted by atomic mass is 32.2. The van der Waals surface area contributed by atoms with E-state index in [1.807, 2.05) is 38.1 Å². The lowest BCUT2D eigenvalue weighted by molar-refractivity contribution is 0.355. The molecule has 0 fully saturated rings. The molecule has 7 heteroatoms. The smallest absolute Gasteiger partial charge is 0.211 e. The molecule has 0 saturated carbocycles. The fourth-order valence-electron chi connectivity index (χ4n) is 4.01. The van der Waals surface area contributed by atoms with Gasteiger partial charge in [0.1, 0.15) is 4.90 Å². The summed E-state index contributed by atoms with van der Waals surface area (Å²) in [5.41, 5.74) is 3.08. The van der Waals surface area contributed by atoms with Crippen LogP contribution in [0.4, 0.5) is 0 Å². The number of pyridine rings is 1. The Kier molecular flexibility index (Phi) is 6.48. The van der Waals surface area contributed by atoms with Crippen LogP contribution in [0.5, 0.6) is 11.5 Å². The maximum Gasteiger partial charge on any atom is 0.211 e. The van der Waals surface area contributed by atoms with Gasteiger partial charge in [-0.15, -0.1) is 0 Å². The van der Waals surface area contributed by atoms with E-state index >= 15 is 0 Å². The molecule has 0 atom stereocenters. The zero-order valence-electron chi connectivity index (χ0n) is 19.7. The monoisotopic (exact) mass is 477 g/mol. The molecule has 1 heterocycles. The van der Waals surface area contributed by atoms with Crippen molar-refractivity contribution in [3.8, 4) is 11.5 Å². The van der Waals surface area contributed by atoms with Gasteiger partial charge < -0.3 is 14.0 Å². The maximum absolute atomic E-state index is 13.6. The molecule has 1 aromatic heterocycles. The van der Waals surface area contributed by atoms with Crippen LogP contribution in [0.2, 0.25) is 0 Å². The molecule has 0 spiro atoms. The van der Waals surface area contributed by atoms with Crippen LogP contribution in [0.3, 0.4) is 0 Å². The Balaban J connectivity index is 2.01. The first-order valence-corrected chi connectivity index (χ1v) is 12.5. The summed E-state index contributed by atoms with van der Waals surface area (Å²) in [6.07, 6.45) is 2.23. The summed E-state index contributed by atoms with van der Waals surface area (Å²) in [4.78, 5) is 13.3. The highest BCUT2D eigenvalue weighted by Crippen LogP contribution is 2.32. The number of fused-ring (bicyclic) bond motifs is 1. The van der Waals surface area contributed by atoms with Gasteiger partial charge in [-0.3, -0.25) is 4.79 Å². The molecule has 0 N–H and O–H groups in total. The minimum Gasteiger partial charge on any atom is -0.493 e. The molecule has 0 radical (unpaired) electrons. The Hall–Kier alpha value is -3.58. The van der Waals surface area contributed by atoms with Crippen molar-refractivity contribution in [2.45, 2.75) is 36.6 Å². The average Bonchev–Trinajstić information content (AvgIpc) is 2.86. The molecular weight excluding hydrogens is 450 g/mol. The first kappa shape index (κ1) is 23.6. The van der Waals surface area contributed by atoms with E-state index in [0.29, 0.717) is 23.6 Å². The van der Waals surface area contributed by atoms with Crippen LogP contribution < -0.4 is 14.9 Å². The first-order valence-electron chi connectivity index (χ1n) is 11.0. The number of benzene rings is 3. The van der Waals surface area contributed by atoms with Crippen LogP contribution in [-0.4, -0.2) is 27.2 Å². The largest absolute Gasteiger partial charge is 0.493 e. The lowest BCUT2D eigenvalue weighted by Gasteiger charge is -2.17. The van der Waals surface area contributed by atoms with Gasteiger partial charge in [0.05, 0.1) is 30.0 Å². The molecule has 4 rings (SSSR count). The van der Waals surface area contributed by atoms with Gasteiger partial charge in [-0.25, -0.2) is 8.42 Å². The van der Waals surface area contributed by atoms with E-state index in [1.54, 1.807) is 41.0 Å². The predicted octanol–water partition coefficient (Wildman–Crippen LogP) is 4.77. The third-order valence-electron chi connectivity index (χ3n) is 6.09. The van der Waals surface area contributed by atoms with Gasteiger partial charge in [0.2, 0.25) is 15.3 Å². The van der Waals surface area contributed by atoms with E-state index in [2.05, 4.69) is 0 Å². The van der Waals surface area contributed by atoms with E-state index in [4.69, 9.17) is 9.47 Å². The Morgan fingerprint density at radius 3 is 2.18 bits per heavy atom. The number of sulfone groups is 1. The first-order chi connectivity index (χ1) is 16.3. The summed E-state index contributed by atoms with van der Waals surface area (Å²) in [6.45, 7) is 4.38. The van der Waals surface area contributed by atoms with Crippen LogP contribution in [0.1, 0.15) is 23.6 Å². The third kappa shape index (κ3) is 4.19. The summed E-state index contributed by atoms with van der Waals surface area (Å²) >= 11 is 0. The van der Waals surface area contributed by atoms with Gasteiger partial charge in [-0.05, 0) is 48.2 Å². The molecule has 0 amide bonds. The van der Waals surface area contributed by atoms with Gasteiger partial charge in [-0.1, -0.05) is 43.3 Å². The van der Waals surface area contributed by atoms with Crippen molar-refractivity contribution < 1.29 is 17.9 Å². The van der Waals surface area contributed by atoms with Crippen LogP contribution >= 0.6 is 0 Å². The van der Waals surface area contributed by atoms with Crippen molar-refractivity contribution in [3.63, 3.8) is 0 Å². The molecule has 34 heavy (non-hydrogen) atoms. The number of nitrogens with zero attached hydrogens (tertiary/aromatic N) is 1. The number of aromatic nitrogens is 1. The Labute approximate surface area is 199 Å². The van der Waals surface area contributed by atoms with E-state index in [1.165, 1.54) is 20.4 Å². The van der Waals surface area contributed by atoms with Crippen LogP contribution in [0.25, 0.3) is 10.9 Å². The second-order valence-corrected chi connectivity index (χ2v) is 10.0. The van der Waals surface area contributed by atoms with Gasteiger partial charge in [0.25, 0.3) is 0 Å². The van der Waals surface area contributed by atoms with Crippen molar-refractivity contribution >= 4 is 20.7 Å². The van der Waals surface area contributed by atoms with Crippen molar-refractivity contribution in [2.75, 3.05) is 14.2 Å². The van der Waals surface area contributed by atoms with E-state index in [9.17, 15) is 13.2 Å². The second kappa shape index (κ2) is 9.35. The summed E-state index contributed by atoms with van der Waals surface area (Å²) in [5.74, 6) is 0.815. The quantitative estimate of drug-likeness (QED) is 0.383. The topological polar surface area (TPSA) is 74.6 Å². The van der Waals surface area contributed by atoms with Crippen LogP contribution in [-0.2, 0) is 22.8 Å². The molecule has 0 aliphatic heterocycles. The molecular formula is C27H27NO5S. The van der Waals surface area contributed by atoms with E-state index < -0.39 is 15.3 Å². The lowest BCUT2D eigenvalue weighted by Crippen LogP contribution is -2.20. The standard InChI is InChI=1S/C27H27NO5S/c1-5-19-10-12-21(13-11-19)34(30,31)26-17-28(16-20-9-7-6-8-18(20)2)23-15-25(33-4)24(32-3)14-22(23)27(26)29/h6-15,17H,5,16H2,1-4H3. The van der Waals surface area contributed by atoms with Crippen molar-refractivity contribution in [1.82, 2.24) is 4.57 Å². The zero-order chi connectivity index (χ0) is 24.5.